The van der Waals surface area contributed by atoms with Gasteiger partial charge in [0.1, 0.15) is 5.75 Å². The molecule has 1 fully saturated rings. The number of hydrogen-bond acceptors (Lipinski definition) is 3. The molecule has 1 atom stereocenters. The Bertz CT molecular complexity index is 421. The summed E-state index contributed by atoms with van der Waals surface area (Å²) in [6, 6.07) is 4.90. The molecule has 1 saturated heterocycles. The molecule has 1 aromatic carbocycles. The van der Waals surface area contributed by atoms with Crippen molar-refractivity contribution < 1.29 is 5.11 Å². The van der Waals surface area contributed by atoms with Gasteiger partial charge in [-0.25, -0.2) is 0 Å². The van der Waals surface area contributed by atoms with Crippen LogP contribution >= 0.6 is 0 Å². The fourth-order valence-electron chi connectivity index (χ4n) is 2.99. The lowest BCUT2D eigenvalue weighted by atomic mass is 10.0. The maximum absolute atomic E-state index is 9.83. The first kappa shape index (κ1) is 14.4. The molecular weight excluding hydrogens is 236 g/mol. The van der Waals surface area contributed by atoms with Gasteiger partial charge >= 0.3 is 0 Å². The summed E-state index contributed by atoms with van der Waals surface area (Å²) in [5.74, 6) is 0.438. The maximum atomic E-state index is 9.83. The second-order valence-electron chi connectivity index (χ2n) is 5.86. The molecule has 3 heteroatoms. The molecule has 0 spiro atoms. The van der Waals surface area contributed by atoms with Gasteiger partial charge < -0.3 is 10.0 Å². The van der Waals surface area contributed by atoms with E-state index in [1.165, 1.54) is 12.0 Å². The van der Waals surface area contributed by atoms with E-state index in [0.717, 1.165) is 37.3 Å². The van der Waals surface area contributed by atoms with Crippen molar-refractivity contribution in [1.29, 1.82) is 0 Å². The summed E-state index contributed by atoms with van der Waals surface area (Å²) >= 11 is 0. The predicted octanol–water partition coefficient (Wildman–Crippen LogP) is 2.54. The van der Waals surface area contributed by atoms with Crippen molar-refractivity contribution in [3.63, 3.8) is 0 Å². The van der Waals surface area contributed by atoms with Crippen molar-refractivity contribution >= 4 is 0 Å². The molecule has 1 heterocycles. The third kappa shape index (κ3) is 3.28. The molecule has 1 aromatic rings. The largest absolute Gasteiger partial charge is 0.507 e. The topological polar surface area (TPSA) is 26.7 Å². The molecule has 1 unspecified atom stereocenters. The average Bonchev–Trinajstić information content (AvgIpc) is 2.38. The minimum Gasteiger partial charge on any atom is -0.507 e. The fraction of sp³-hybridized carbons (Fsp3) is 0.625. The quantitative estimate of drug-likeness (QED) is 0.907. The van der Waals surface area contributed by atoms with Crippen LogP contribution in [-0.2, 0) is 6.54 Å². The zero-order chi connectivity index (χ0) is 14.0. The molecule has 19 heavy (non-hydrogen) atoms. The van der Waals surface area contributed by atoms with Crippen LogP contribution in [0.2, 0.25) is 0 Å². The molecule has 0 bridgehead atoms. The average molecular weight is 262 g/mol. The summed E-state index contributed by atoms with van der Waals surface area (Å²) in [5, 5.41) is 9.83. The number of benzene rings is 1. The highest BCUT2D eigenvalue weighted by atomic mass is 16.3. The Balaban J connectivity index is 2.05. The van der Waals surface area contributed by atoms with Crippen LogP contribution < -0.4 is 0 Å². The molecule has 106 valence electrons. The minimum absolute atomic E-state index is 0.438. The van der Waals surface area contributed by atoms with E-state index in [2.05, 4.69) is 35.9 Å². The molecule has 3 nitrogen and oxygen atoms in total. The minimum atomic E-state index is 0.438. The fourth-order valence-corrected chi connectivity index (χ4v) is 2.99. The zero-order valence-corrected chi connectivity index (χ0v) is 12.6. The monoisotopic (exact) mass is 262 g/mol. The summed E-state index contributed by atoms with van der Waals surface area (Å²) in [6.45, 7) is 10.6. The van der Waals surface area contributed by atoms with Crippen molar-refractivity contribution in [3.05, 3.63) is 28.8 Å². The van der Waals surface area contributed by atoms with Crippen LogP contribution in [0, 0.1) is 13.8 Å². The standard InChI is InChI=1S/C16H26N2O/c1-5-15-11-18(7-6-17(15)4)10-14-8-12(2)16(19)13(3)9-14/h8-9,15,19H,5-7,10-11H2,1-4H3. The number of nitrogens with zero attached hydrogens (tertiary/aromatic N) is 2. The third-order valence-corrected chi connectivity index (χ3v) is 4.29. The molecular formula is C16H26N2O. The van der Waals surface area contributed by atoms with Crippen LogP contribution in [0.5, 0.6) is 5.75 Å². The molecule has 0 aromatic heterocycles. The third-order valence-electron chi connectivity index (χ3n) is 4.29. The van der Waals surface area contributed by atoms with Crippen molar-refractivity contribution in [1.82, 2.24) is 9.80 Å². The number of piperazine rings is 1. The Morgan fingerprint density at radius 3 is 2.42 bits per heavy atom. The number of aromatic hydroxyl groups is 1. The van der Waals surface area contributed by atoms with Crippen molar-refractivity contribution in [2.75, 3.05) is 26.7 Å². The van der Waals surface area contributed by atoms with E-state index in [-0.39, 0.29) is 0 Å². The number of phenols is 1. The van der Waals surface area contributed by atoms with E-state index < -0.39 is 0 Å². The number of aryl methyl sites for hydroxylation is 2. The van der Waals surface area contributed by atoms with Gasteiger partial charge in [-0.1, -0.05) is 19.1 Å². The van der Waals surface area contributed by atoms with E-state index in [4.69, 9.17) is 0 Å². The first-order valence-electron chi connectivity index (χ1n) is 7.23. The van der Waals surface area contributed by atoms with Crippen molar-refractivity contribution in [2.45, 2.75) is 39.8 Å². The highest BCUT2D eigenvalue weighted by Crippen LogP contribution is 2.24. The van der Waals surface area contributed by atoms with Gasteiger partial charge in [0.2, 0.25) is 0 Å². The van der Waals surface area contributed by atoms with E-state index in [1.807, 2.05) is 13.8 Å². The molecule has 1 aliphatic heterocycles. The van der Waals surface area contributed by atoms with E-state index >= 15 is 0 Å². The number of hydrogen-bond donors (Lipinski definition) is 1. The van der Waals surface area contributed by atoms with Gasteiger partial charge in [0.25, 0.3) is 0 Å². The summed E-state index contributed by atoms with van der Waals surface area (Å²) in [5.41, 5.74) is 3.28. The first-order valence-corrected chi connectivity index (χ1v) is 7.23. The predicted molar refractivity (Wildman–Crippen MR) is 79.6 cm³/mol. The number of rotatable bonds is 3. The van der Waals surface area contributed by atoms with E-state index in [1.54, 1.807) is 0 Å². The van der Waals surface area contributed by atoms with Crippen LogP contribution in [0.1, 0.15) is 30.0 Å². The molecule has 1 N–H and O–H groups in total. The van der Waals surface area contributed by atoms with E-state index in [9.17, 15) is 5.11 Å². The van der Waals surface area contributed by atoms with Crippen molar-refractivity contribution in [3.8, 4) is 5.75 Å². The van der Waals surface area contributed by atoms with Gasteiger partial charge in [-0.3, -0.25) is 4.90 Å². The Morgan fingerprint density at radius 2 is 1.84 bits per heavy atom. The summed E-state index contributed by atoms with van der Waals surface area (Å²) in [7, 11) is 2.22. The lowest BCUT2D eigenvalue weighted by Gasteiger charge is -2.39. The SMILES string of the molecule is CCC1CN(Cc2cc(C)c(O)c(C)c2)CCN1C. The molecule has 0 aliphatic carbocycles. The van der Waals surface area contributed by atoms with Crippen molar-refractivity contribution in [2.24, 2.45) is 0 Å². The molecule has 0 amide bonds. The molecule has 0 saturated carbocycles. The van der Waals surface area contributed by atoms with Gasteiger partial charge in [0.05, 0.1) is 0 Å². The van der Waals surface area contributed by atoms with Gasteiger partial charge in [-0.05, 0) is 44.0 Å². The highest BCUT2D eigenvalue weighted by Gasteiger charge is 2.22. The highest BCUT2D eigenvalue weighted by molar-refractivity contribution is 5.42. The summed E-state index contributed by atoms with van der Waals surface area (Å²) < 4.78 is 0. The molecule has 1 aliphatic rings. The summed E-state index contributed by atoms with van der Waals surface area (Å²) in [4.78, 5) is 4.99. The second kappa shape index (κ2) is 5.93. The lowest BCUT2D eigenvalue weighted by molar-refractivity contribution is 0.0883. The van der Waals surface area contributed by atoms with Crippen LogP contribution in [-0.4, -0.2) is 47.6 Å². The Labute approximate surface area is 116 Å². The van der Waals surface area contributed by atoms with Crippen LogP contribution in [0.15, 0.2) is 12.1 Å². The molecule has 0 radical (unpaired) electrons. The Hall–Kier alpha value is -1.06. The smallest absolute Gasteiger partial charge is 0.121 e. The first-order chi connectivity index (χ1) is 9.01. The lowest BCUT2D eigenvalue weighted by Crippen LogP contribution is -2.50. The summed E-state index contributed by atoms with van der Waals surface area (Å²) in [6.07, 6.45) is 1.21. The Kier molecular flexibility index (Phi) is 4.48. The van der Waals surface area contributed by atoms with Gasteiger partial charge in [-0.15, -0.1) is 0 Å². The zero-order valence-electron chi connectivity index (χ0n) is 12.6. The second-order valence-corrected chi connectivity index (χ2v) is 5.86. The van der Waals surface area contributed by atoms with Crippen LogP contribution in [0.3, 0.4) is 0 Å². The van der Waals surface area contributed by atoms with Gasteiger partial charge in [-0.2, -0.15) is 0 Å². The maximum Gasteiger partial charge on any atom is 0.121 e. The van der Waals surface area contributed by atoms with Gasteiger partial charge in [0, 0.05) is 32.2 Å². The van der Waals surface area contributed by atoms with Gasteiger partial charge in [0.15, 0.2) is 0 Å². The number of likely N-dealkylation sites (N-methyl/N-ethyl adjacent to an activating group) is 1. The van der Waals surface area contributed by atoms with E-state index in [0.29, 0.717) is 11.8 Å². The number of phenolic OH excluding ortho intramolecular Hbond substituents is 1. The van der Waals surface area contributed by atoms with Crippen LogP contribution in [0.4, 0.5) is 0 Å². The normalized spacial score (nSPS) is 21.8. The van der Waals surface area contributed by atoms with Crippen LogP contribution in [0.25, 0.3) is 0 Å². The molecule has 2 rings (SSSR count). The Morgan fingerprint density at radius 1 is 1.21 bits per heavy atom.